The van der Waals surface area contributed by atoms with Crippen LogP contribution in [0.1, 0.15) is 32.6 Å². The minimum atomic E-state index is -0.861. The standard InChI is InChI=1S/C8H12O3/c1-6(9)8(3-2-4-8)5-7(10)11/h2-5H2,1H3,(H,10,11). The number of carboxylic acid groups (broad SMARTS) is 1. The third kappa shape index (κ3) is 1.42. The zero-order valence-electron chi connectivity index (χ0n) is 6.59. The van der Waals surface area contributed by atoms with Crippen LogP contribution in [-0.2, 0) is 9.59 Å². The van der Waals surface area contributed by atoms with Gasteiger partial charge in [-0.2, -0.15) is 0 Å². The number of ketones is 1. The van der Waals surface area contributed by atoms with Gasteiger partial charge >= 0.3 is 5.97 Å². The van der Waals surface area contributed by atoms with E-state index >= 15 is 0 Å². The molecular weight excluding hydrogens is 144 g/mol. The van der Waals surface area contributed by atoms with Gasteiger partial charge in [-0.3, -0.25) is 9.59 Å². The van der Waals surface area contributed by atoms with E-state index in [0.717, 1.165) is 19.3 Å². The fraction of sp³-hybridized carbons (Fsp3) is 0.750. The van der Waals surface area contributed by atoms with Crippen LogP contribution in [-0.4, -0.2) is 16.9 Å². The van der Waals surface area contributed by atoms with Crippen molar-refractivity contribution in [3.63, 3.8) is 0 Å². The van der Waals surface area contributed by atoms with Gasteiger partial charge in [-0.15, -0.1) is 0 Å². The van der Waals surface area contributed by atoms with Crippen molar-refractivity contribution < 1.29 is 14.7 Å². The lowest BCUT2D eigenvalue weighted by atomic mass is 9.64. The van der Waals surface area contributed by atoms with Crippen LogP contribution in [0.4, 0.5) is 0 Å². The lowest BCUT2D eigenvalue weighted by Gasteiger charge is -2.38. The molecule has 1 saturated carbocycles. The zero-order chi connectivity index (χ0) is 8.48. The molecule has 3 nitrogen and oxygen atoms in total. The Hall–Kier alpha value is -0.860. The first kappa shape index (κ1) is 8.24. The van der Waals surface area contributed by atoms with Crippen molar-refractivity contribution in [3.05, 3.63) is 0 Å². The van der Waals surface area contributed by atoms with Crippen LogP contribution in [0.5, 0.6) is 0 Å². The SMILES string of the molecule is CC(=O)C1(CC(=O)O)CCC1. The summed E-state index contributed by atoms with van der Waals surface area (Å²) in [7, 11) is 0. The quantitative estimate of drug-likeness (QED) is 0.668. The number of carboxylic acids is 1. The summed E-state index contributed by atoms with van der Waals surface area (Å²) in [6, 6.07) is 0. The Balaban J connectivity index is 2.61. The highest BCUT2D eigenvalue weighted by atomic mass is 16.4. The summed E-state index contributed by atoms with van der Waals surface area (Å²) in [4.78, 5) is 21.4. The van der Waals surface area contributed by atoms with Gasteiger partial charge in [-0.05, 0) is 19.8 Å². The molecule has 0 aromatic heterocycles. The van der Waals surface area contributed by atoms with Crippen molar-refractivity contribution in [3.8, 4) is 0 Å². The van der Waals surface area contributed by atoms with E-state index in [9.17, 15) is 9.59 Å². The molecule has 1 fully saturated rings. The van der Waals surface area contributed by atoms with Gasteiger partial charge in [0.25, 0.3) is 0 Å². The normalized spacial score (nSPS) is 20.5. The molecule has 0 radical (unpaired) electrons. The van der Waals surface area contributed by atoms with Gasteiger partial charge in [0, 0.05) is 5.41 Å². The molecule has 0 atom stereocenters. The predicted molar refractivity (Wildman–Crippen MR) is 39.2 cm³/mol. The van der Waals surface area contributed by atoms with Crippen LogP contribution in [0.3, 0.4) is 0 Å². The molecule has 11 heavy (non-hydrogen) atoms. The molecule has 0 unspecified atom stereocenters. The second-order valence-electron chi connectivity index (χ2n) is 3.26. The minimum Gasteiger partial charge on any atom is -0.481 e. The monoisotopic (exact) mass is 156 g/mol. The molecular formula is C8H12O3. The van der Waals surface area contributed by atoms with E-state index in [-0.39, 0.29) is 12.2 Å². The highest BCUT2D eigenvalue weighted by molar-refractivity contribution is 5.87. The van der Waals surface area contributed by atoms with Gasteiger partial charge in [-0.25, -0.2) is 0 Å². The Labute approximate surface area is 65.4 Å². The molecule has 0 heterocycles. The first-order valence-electron chi connectivity index (χ1n) is 3.80. The average molecular weight is 156 g/mol. The third-order valence-electron chi connectivity index (χ3n) is 2.55. The molecule has 1 aliphatic carbocycles. The highest BCUT2D eigenvalue weighted by Gasteiger charge is 2.43. The third-order valence-corrected chi connectivity index (χ3v) is 2.55. The van der Waals surface area contributed by atoms with Crippen molar-refractivity contribution in [1.29, 1.82) is 0 Å². The molecule has 62 valence electrons. The van der Waals surface area contributed by atoms with Crippen molar-refractivity contribution in [1.82, 2.24) is 0 Å². The lowest BCUT2D eigenvalue weighted by Crippen LogP contribution is -2.38. The Kier molecular flexibility index (Phi) is 1.98. The molecule has 0 spiro atoms. The number of aliphatic carboxylic acids is 1. The van der Waals surface area contributed by atoms with E-state index in [2.05, 4.69) is 0 Å². The van der Waals surface area contributed by atoms with Crippen LogP contribution in [0.25, 0.3) is 0 Å². The lowest BCUT2D eigenvalue weighted by molar-refractivity contribution is -0.147. The Morgan fingerprint density at radius 2 is 2.00 bits per heavy atom. The minimum absolute atomic E-state index is 0.0162. The number of hydrogen-bond donors (Lipinski definition) is 1. The molecule has 1 rings (SSSR count). The second-order valence-corrected chi connectivity index (χ2v) is 3.26. The van der Waals surface area contributed by atoms with Crippen LogP contribution in [0, 0.1) is 5.41 Å². The average Bonchev–Trinajstić information content (AvgIpc) is 1.77. The Morgan fingerprint density at radius 3 is 2.09 bits per heavy atom. The molecule has 1 aliphatic rings. The Morgan fingerprint density at radius 1 is 1.45 bits per heavy atom. The van der Waals surface area contributed by atoms with Gasteiger partial charge in [0.15, 0.2) is 0 Å². The van der Waals surface area contributed by atoms with Crippen LogP contribution >= 0.6 is 0 Å². The summed E-state index contributed by atoms with van der Waals surface area (Å²) in [5.74, 6) is -0.828. The molecule has 0 aromatic rings. The van der Waals surface area contributed by atoms with Gasteiger partial charge in [0.2, 0.25) is 0 Å². The van der Waals surface area contributed by atoms with E-state index < -0.39 is 11.4 Å². The van der Waals surface area contributed by atoms with E-state index in [1.807, 2.05) is 0 Å². The van der Waals surface area contributed by atoms with Crippen LogP contribution in [0.15, 0.2) is 0 Å². The molecule has 0 aliphatic heterocycles. The van der Waals surface area contributed by atoms with Crippen molar-refractivity contribution in [2.24, 2.45) is 5.41 Å². The summed E-state index contributed by atoms with van der Waals surface area (Å²) < 4.78 is 0. The summed E-state index contributed by atoms with van der Waals surface area (Å²) >= 11 is 0. The topological polar surface area (TPSA) is 54.4 Å². The predicted octanol–water partition coefficient (Wildman–Crippen LogP) is 1.22. The molecule has 3 heteroatoms. The summed E-state index contributed by atoms with van der Waals surface area (Å²) in [5, 5.41) is 8.51. The van der Waals surface area contributed by atoms with E-state index in [0.29, 0.717) is 0 Å². The summed E-state index contributed by atoms with van der Waals surface area (Å²) in [6.45, 7) is 1.49. The summed E-state index contributed by atoms with van der Waals surface area (Å²) in [5.41, 5.74) is -0.494. The van der Waals surface area contributed by atoms with Crippen LogP contribution < -0.4 is 0 Å². The van der Waals surface area contributed by atoms with Gasteiger partial charge < -0.3 is 5.11 Å². The fourth-order valence-corrected chi connectivity index (χ4v) is 1.55. The number of carbonyl (C=O) groups is 2. The van der Waals surface area contributed by atoms with E-state index in [1.54, 1.807) is 0 Å². The van der Waals surface area contributed by atoms with Gasteiger partial charge in [-0.1, -0.05) is 6.42 Å². The molecule has 1 N–H and O–H groups in total. The summed E-state index contributed by atoms with van der Waals surface area (Å²) in [6.07, 6.45) is 2.53. The number of carbonyl (C=O) groups excluding carboxylic acids is 1. The Bertz CT molecular complexity index is 192. The van der Waals surface area contributed by atoms with Crippen molar-refractivity contribution in [2.75, 3.05) is 0 Å². The van der Waals surface area contributed by atoms with Gasteiger partial charge in [0.1, 0.15) is 5.78 Å². The van der Waals surface area contributed by atoms with Gasteiger partial charge in [0.05, 0.1) is 6.42 Å². The first-order valence-corrected chi connectivity index (χ1v) is 3.80. The van der Waals surface area contributed by atoms with Crippen LogP contribution in [0.2, 0.25) is 0 Å². The molecule has 0 amide bonds. The second kappa shape index (κ2) is 2.64. The number of hydrogen-bond acceptors (Lipinski definition) is 2. The van der Waals surface area contributed by atoms with Crippen molar-refractivity contribution in [2.45, 2.75) is 32.6 Å². The highest BCUT2D eigenvalue weighted by Crippen LogP contribution is 2.44. The zero-order valence-corrected chi connectivity index (χ0v) is 6.59. The molecule has 0 aromatic carbocycles. The molecule has 0 saturated heterocycles. The maximum atomic E-state index is 11.0. The van der Waals surface area contributed by atoms with E-state index in [1.165, 1.54) is 6.92 Å². The van der Waals surface area contributed by atoms with E-state index in [4.69, 9.17) is 5.11 Å². The fourth-order valence-electron chi connectivity index (χ4n) is 1.55. The smallest absolute Gasteiger partial charge is 0.304 e. The number of rotatable bonds is 3. The molecule has 0 bridgehead atoms. The number of Topliss-reactive ketones (excluding diaryl/α,β-unsaturated/α-hetero) is 1. The van der Waals surface area contributed by atoms with Crippen molar-refractivity contribution >= 4 is 11.8 Å². The largest absolute Gasteiger partial charge is 0.481 e. The maximum absolute atomic E-state index is 11.0. The maximum Gasteiger partial charge on any atom is 0.304 e. The first-order chi connectivity index (χ1) is 5.07.